The summed E-state index contributed by atoms with van der Waals surface area (Å²) in [6.45, 7) is 11.6. The molecule has 3 amide bonds. The number of aromatic nitrogens is 1. The van der Waals surface area contributed by atoms with Gasteiger partial charge in [-0.15, -0.1) is 11.3 Å². The van der Waals surface area contributed by atoms with Crippen LogP contribution < -0.4 is 0 Å². The first kappa shape index (κ1) is 36.4. The Morgan fingerprint density at radius 2 is 1.73 bits per heavy atom. The van der Waals surface area contributed by atoms with Crippen molar-refractivity contribution in [3.8, 4) is 0 Å². The van der Waals surface area contributed by atoms with Crippen LogP contribution in [0.3, 0.4) is 0 Å². The first-order valence-electron chi connectivity index (χ1n) is 16.2. The van der Waals surface area contributed by atoms with E-state index in [1.54, 1.807) is 74.6 Å². The quantitative estimate of drug-likeness (QED) is 0.290. The third-order valence-corrected chi connectivity index (χ3v) is 9.96. The number of nitrogens with zero attached hydrogens (tertiary/aromatic N) is 4. The summed E-state index contributed by atoms with van der Waals surface area (Å²) < 4.78 is 17.2. The van der Waals surface area contributed by atoms with Gasteiger partial charge in [0, 0.05) is 37.4 Å². The van der Waals surface area contributed by atoms with E-state index < -0.39 is 35.5 Å². The van der Waals surface area contributed by atoms with Crippen LogP contribution >= 0.6 is 34.5 Å². The molecule has 0 radical (unpaired) electrons. The maximum atomic E-state index is 15.1. The number of rotatable bonds is 9. The number of hydrogen-bond acceptors (Lipinski definition) is 9. The van der Waals surface area contributed by atoms with Crippen molar-refractivity contribution in [2.45, 2.75) is 103 Å². The third-order valence-electron chi connectivity index (χ3n) is 8.07. The number of hydrogen-bond donors (Lipinski definition) is 1. The number of halogens is 2. The normalized spacial score (nSPS) is 19.8. The van der Waals surface area contributed by atoms with Crippen molar-refractivity contribution in [1.29, 1.82) is 0 Å². The van der Waals surface area contributed by atoms with Gasteiger partial charge in [-0.25, -0.2) is 14.6 Å². The first-order valence-corrected chi connectivity index (χ1v) is 17.7. The van der Waals surface area contributed by atoms with Crippen LogP contribution in [0.2, 0.25) is 10.0 Å². The highest BCUT2D eigenvalue weighted by molar-refractivity contribution is 7.12. The van der Waals surface area contributed by atoms with Gasteiger partial charge in [-0.2, -0.15) is 0 Å². The first-order chi connectivity index (χ1) is 22.6. The van der Waals surface area contributed by atoms with E-state index in [2.05, 4.69) is 4.98 Å². The molecule has 0 spiro atoms. The summed E-state index contributed by atoms with van der Waals surface area (Å²) in [5, 5.41) is 10.6. The second kappa shape index (κ2) is 14.5. The highest BCUT2D eigenvalue weighted by Crippen LogP contribution is 2.43. The van der Waals surface area contributed by atoms with Gasteiger partial charge in [-0.1, -0.05) is 35.3 Å². The number of aliphatic hydroxyl groups is 1. The second-order valence-corrected chi connectivity index (χ2v) is 16.2. The Labute approximate surface area is 295 Å². The number of benzene rings is 1. The highest BCUT2D eigenvalue weighted by Gasteiger charge is 2.51. The molecule has 3 heterocycles. The number of aliphatic hydroxyl groups excluding tert-OH is 1. The summed E-state index contributed by atoms with van der Waals surface area (Å²) in [4.78, 5) is 52.8. The molecule has 3 aliphatic rings. The fourth-order valence-corrected chi connectivity index (χ4v) is 7.29. The van der Waals surface area contributed by atoms with Gasteiger partial charge in [0.05, 0.1) is 46.8 Å². The zero-order valence-electron chi connectivity index (χ0n) is 28.3. The summed E-state index contributed by atoms with van der Waals surface area (Å²) in [5.74, 6) is -0.252. The van der Waals surface area contributed by atoms with Gasteiger partial charge >= 0.3 is 12.2 Å². The van der Waals surface area contributed by atoms with E-state index in [-0.39, 0.29) is 57.8 Å². The maximum absolute atomic E-state index is 15.1. The molecule has 1 saturated heterocycles. The Hall–Kier alpha value is -2.90. The SMILES string of the molecule is CC(C)(C)OC(=O)N1CC2CC(c3cnc(COCCO)s3)=C(C(=O)N(Cc3cccc(Cl)c3Cl)C3CC3)[C@@H](C1)N2C(=O)OC(C)(C)C. The van der Waals surface area contributed by atoms with Crippen molar-refractivity contribution in [3.05, 3.63) is 55.5 Å². The molecule has 1 aliphatic carbocycles. The topological polar surface area (TPSA) is 122 Å². The molecule has 2 aliphatic heterocycles. The lowest BCUT2D eigenvalue weighted by Gasteiger charge is -2.51. The van der Waals surface area contributed by atoms with E-state index in [1.807, 2.05) is 6.07 Å². The zero-order chi connectivity index (χ0) is 35.0. The van der Waals surface area contributed by atoms with Crippen molar-refractivity contribution in [2.24, 2.45) is 0 Å². The molecule has 1 aromatic carbocycles. The molecule has 262 valence electrons. The smallest absolute Gasteiger partial charge is 0.411 e. The monoisotopic (exact) mass is 722 g/mol. The van der Waals surface area contributed by atoms with E-state index in [4.69, 9.17) is 42.5 Å². The van der Waals surface area contributed by atoms with Crippen molar-refractivity contribution in [2.75, 3.05) is 26.3 Å². The molecule has 14 heteroatoms. The van der Waals surface area contributed by atoms with Crippen molar-refractivity contribution < 1.29 is 33.7 Å². The minimum Gasteiger partial charge on any atom is -0.444 e. The molecule has 1 N–H and O–H groups in total. The van der Waals surface area contributed by atoms with Crippen molar-refractivity contribution in [3.63, 3.8) is 0 Å². The van der Waals surface area contributed by atoms with Crippen LogP contribution in [0.1, 0.15) is 76.3 Å². The fraction of sp³-hybridized carbons (Fsp3) is 0.588. The average Bonchev–Trinajstić information content (AvgIpc) is 3.72. The van der Waals surface area contributed by atoms with Crippen LogP contribution in [0.4, 0.5) is 9.59 Å². The number of thiazole rings is 1. The van der Waals surface area contributed by atoms with E-state index in [0.717, 1.165) is 23.3 Å². The summed E-state index contributed by atoms with van der Waals surface area (Å²) in [6, 6.07) is 4.01. The van der Waals surface area contributed by atoms with Crippen LogP contribution in [0.25, 0.3) is 5.57 Å². The standard InChI is InChI=1S/C34H44Cl2N4O7S/c1-33(2,3)46-31(43)38-17-22-14-23(26-15-37-27(48-26)19-45-13-12-41)28(25(18-38)40(22)32(44)47-34(4,5)6)30(42)39(21-10-11-21)16-20-8-7-9-24(35)29(20)36/h7-9,15,21-22,25,41H,10-14,16-19H2,1-6H3/t22?,25-/m1/s1. The largest absolute Gasteiger partial charge is 0.444 e. The van der Waals surface area contributed by atoms with Crippen LogP contribution in [0, 0.1) is 0 Å². The predicted molar refractivity (Wildman–Crippen MR) is 184 cm³/mol. The second-order valence-electron chi connectivity index (χ2n) is 14.3. The molecule has 1 aromatic heterocycles. The third kappa shape index (κ3) is 8.63. The number of carbonyl (C=O) groups excluding carboxylic acids is 3. The minimum absolute atomic E-state index is 0.0246. The lowest BCUT2D eigenvalue weighted by Crippen LogP contribution is -2.66. The highest BCUT2D eigenvalue weighted by atomic mass is 35.5. The Kier molecular flexibility index (Phi) is 11.0. The number of piperazine rings is 1. The number of fused-ring (bicyclic) bond motifs is 2. The average molecular weight is 724 g/mol. The van der Waals surface area contributed by atoms with Gasteiger partial charge in [0.2, 0.25) is 0 Å². The van der Waals surface area contributed by atoms with Crippen molar-refractivity contribution >= 4 is 58.2 Å². The van der Waals surface area contributed by atoms with Gasteiger partial charge in [-0.05, 0) is 78.0 Å². The molecule has 5 rings (SSSR count). The number of carbonyl (C=O) groups is 3. The lowest BCUT2D eigenvalue weighted by atomic mass is 9.83. The van der Waals surface area contributed by atoms with Gasteiger partial charge in [0.1, 0.15) is 16.2 Å². The molecule has 48 heavy (non-hydrogen) atoms. The van der Waals surface area contributed by atoms with Crippen LogP contribution in [-0.4, -0.2) is 98.5 Å². The van der Waals surface area contributed by atoms with E-state index in [0.29, 0.717) is 26.2 Å². The lowest BCUT2D eigenvalue weighted by molar-refractivity contribution is -0.129. The molecule has 1 unspecified atom stereocenters. The Bertz CT molecular complexity index is 1560. The fourth-order valence-electron chi connectivity index (χ4n) is 5.98. The Balaban J connectivity index is 1.62. The molecule has 2 atom stereocenters. The van der Waals surface area contributed by atoms with E-state index in [9.17, 15) is 9.59 Å². The zero-order valence-corrected chi connectivity index (χ0v) is 30.6. The van der Waals surface area contributed by atoms with Crippen LogP contribution in [0.5, 0.6) is 0 Å². The molecular formula is C34H44Cl2N4O7S. The number of amides is 3. The Morgan fingerprint density at radius 1 is 1.04 bits per heavy atom. The Morgan fingerprint density at radius 3 is 2.38 bits per heavy atom. The van der Waals surface area contributed by atoms with Crippen LogP contribution in [0.15, 0.2) is 30.0 Å². The molecular weight excluding hydrogens is 679 g/mol. The van der Waals surface area contributed by atoms with Gasteiger partial charge in [0.25, 0.3) is 5.91 Å². The predicted octanol–water partition coefficient (Wildman–Crippen LogP) is 6.53. The number of ether oxygens (including phenoxy) is 3. The molecule has 11 nitrogen and oxygen atoms in total. The van der Waals surface area contributed by atoms with Gasteiger partial charge in [-0.3, -0.25) is 9.69 Å². The van der Waals surface area contributed by atoms with E-state index in [1.165, 1.54) is 11.3 Å². The summed E-state index contributed by atoms with van der Waals surface area (Å²) in [5.41, 5.74) is 0.373. The summed E-state index contributed by atoms with van der Waals surface area (Å²) in [7, 11) is 0. The van der Waals surface area contributed by atoms with E-state index >= 15 is 4.79 Å². The summed E-state index contributed by atoms with van der Waals surface area (Å²) in [6.07, 6.45) is 2.60. The molecule has 2 fully saturated rings. The molecule has 1 saturated carbocycles. The minimum atomic E-state index is -0.824. The van der Waals surface area contributed by atoms with Gasteiger partial charge in [0.15, 0.2) is 0 Å². The molecule has 2 aromatic rings. The van der Waals surface area contributed by atoms with Gasteiger partial charge < -0.3 is 29.1 Å². The van der Waals surface area contributed by atoms with Crippen molar-refractivity contribution in [1.82, 2.24) is 19.7 Å². The maximum Gasteiger partial charge on any atom is 0.411 e. The molecule has 2 bridgehead atoms. The van der Waals surface area contributed by atoms with Crippen LogP contribution in [-0.2, 0) is 32.2 Å². The summed E-state index contributed by atoms with van der Waals surface area (Å²) >= 11 is 14.4.